The normalized spacial score (nSPS) is 15.9. The highest BCUT2D eigenvalue weighted by Gasteiger charge is 2.36. The van der Waals surface area contributed by atoms with Crippen molar-refractivity contribution >= 4 is 45.5 Å². The summed E-state index contributed by atoms with van der Waals surface area (Å²) in [6, 6.07) is 10.5. The number of hydrogen-bond acceptors (Lipinski definition) is 5. The molecule has 2 aromatic carbocycles. The smallest absolute Gasteiger partial charge is 0.335 e. The summed E-state index contributed by atoms with van der Waals surface area (Å²) in [5.74, 6) is -1.41. The quantitative estimate of drug-likeness (QED) is 0.573. The van der Waals surface area contributed by atoms with Gasteiger partial charge < -0.3 is 9.84 Å². The first-order valence-corrected chi connectivity index (χ1v) is 8.83. The van der Waals surface area contributed by atoms with Crippen LogP contribution in [0.25, 0.3) is 6.08 Å². The SMILES string of the molecule is CCOc1cc(/C=C2\C(=O)NC(=O)N(c3ccccc3)C2=O)cc(Br)c1O. The molecule has 1 saturated heterocycles. The Kier molecular flexibility index (Phi) is 5.27. The lowest BCUT2D eigenvalue weighted by molar-refractivity contribution is -0.122. The van der Waals surface area contributed by atoms with Crippen molar-refractivity contribution in [3.63, 3.8) is 0 Å². The molecule has 1 heterocycles. The summed E-state index contributed by atoms with van der Waals surface area (Å²) in [5, 5.41) is 12.2. The van der Waals surface area contributed by atoms with Gasteiger partial charge in [0.05, 0.1) is 16.8 Å². The topological polar surface area (TPSA) is 95.9 Å². The second-order valence-electron chi connectivity index (χ2n) is 5.58. The predicted octanol–water partition coefficient (Wildman–Crippen LogP) is 3.22. The number of aromatic hydroxyl groups is 1. The summed E-state index contributed by atoms with van der Waals surface area (Å²) in [6.45, 7) is 2.09. The average Bonchev–Trinajstić information content (AvgIpc) is 2.63. The van der Waals surface area contributed by atoms with E-state index in [1.807, 2.05) is 0 Å². The van der Waals surface area contributed by atoms with Gasteiger partial charge in [0, 0.05) is 0 Å². The van der Waals surface area contributed by atoms with Crippen LogP contribution in [0, 0.1) is 0 Å². The van der Waals surface area contributed by atoms with Crippen LogP contribution >= 0.6 is 15.9 Å². The Morgan fingerprint density at radius 2 is 1.89 bits per heavy atom. The van der Waals surface area contributed by atoms with Crippen molar-refractivity contribution in [3.8, 4) is 11.5 Å². The highest BCUT2D eigenvalue weighted by Crippen LogP contribution is 2.36. The standard InChI is InChI=1S/C19H15BrN2O5/c1-2-27-15-10-11(9-14(20)16(15)23)8-13-17(24)21-19(26)22(18(13)25)12-6-4-3-5-7-12/h3-10,23H,2H2,1H3,(H,21,24,26)/b13-8+. The van der Waals surface area contributed by atoms with Crippen molar-refractivity contribution in [2.24, 2.45) is 0 Å². The molecule has 7 nitrogen and oxygen atoms in total. The van der Waals surface area contributed by atoms with E-state index in [1.165, 1.54) is 18.2 Å². The molecule has 0 bridgehead atoms. The lowest BCUT2D eigenvalue weighted by Crippen LogP contribution is -2.54. The number of carbonyl (C=O) groups excluding carboxylic acids is 3. The van der Waals surface area contributed by atoms with Crippen molar-refractivity contribution in [3.05, 3.63) is 58.1 Å². The van der Waals surface area contributed by atoms with Crippen LogP contribution in [0.5, 0.6) is 11.5 Å². The van der Waals surface area contributed by atoms with Gasteiger partial charge in [-0.15, -0.1) is 0 Å². The average molecular weight is 431 g/mol. The van der Waals surface area contributed by atoms with E-state index < -0.39 is 17.8 Å². The van der Waals surface area contributed by atoms with E-state index in [9.17, 15) is 19.5 Å². The van der Waals surface area contributed by atoms with E-state index >= 15 is 0 Å². The minimum Gasteiger partial charge on any atom is -0.503 e. The van der Waals surface area contributed by atoms with Gasteiger partial charge in [-0.05, 0) is 58.8 Å². The van der Waals surface area contributed by atoms with Gasteiger partial charge in [-0.1, -0.05) is 18.2 Å². The summed E-state index contributed by atoms with van der Waals surface area (Å²) in [5.41, 5.74) is 0.586. The minimum absolute atomic E-state index is 0.0838. The molecular formula is C19H15BrN2O5. The first-order valence-electron chi connectivity index (χ1n) is 8.04. The number of para-hydroxylation sites is 1. The number of nitrogens with one attached hydrogen (secondary N) is 1. The van der Waals surface area contributed by atoms with E-state index in [1.54, 1.807) is 37.3 Å². The number of hydrogen-bond donors (Lipinski definition) is 2. The van der Waals surface area contributed by atoms with Crippen molar-refractivity contribution in [2.45, 2.75) is 6.92 Å². The Hall–Kier alpha value is -3.13. The van der Waals surface area contributed by atoms with Gasteiger partial charge in [0.1, 0.15) is 5.57 Å². The molecule has 0 spiro atoms. The molecule has 0 unspecified atom stereocenters. The number of barbiturate groups is 1. The van der Waals surface area contributed by atoms with Crippen molar-refractivity contribution in [1.29, 1.82) is 0 Å². The van der Waals surface area contributed by atoms with Crippen LogP contribution in [0.2, 0.25) is 0 Å². The van der Waals surface area contributed by atoms with Crippen molar-refractivity contribution in [2.75, 3.05) is 11.5 Å². The Balaban J connectivity index is 2.03. The number of phenols is 1. The fraction of sp³-hybridized carbons (Fsp3) is 0.105. The number of ether oxygens (including phenoxy) is 1. The molecule has 1 fully saturated rings. The van der Waals surface area contributed by atoms with Crippen LogP contribution in [0.3, 0.4) is 0 Å². The molecule has 0 aliphatic carbocycles. The molecule has 0 aromatic heterocycles. The van der Waals surface area contributed by atoms with Crippen LogP contribution in [0.4, 0.5) is 10.5 Å². The Bertz CT molecular complexity index is 956. The van der Waals surface area contributed by atoms with Gasteiger partial charge in [-0.2, -0.15) is 0 Å². The van der Waals surface area contributed by atoms with E-state index in [4.69, 9.17) is 4.74 Å². The molecule has 2 N–H and O–H groups in total. The second-order valence-corrected chi connectivity index (χ2v) is 6.43. The summed E-state index contributed by atoms with van der Waals surface area (Å²) in [7, 11) is 0. The summed E-state index contributed by atoms with van der Waals surface area (Å²) in [4.78, 5) is 38.0. The number of nitrogens with zero attached hydrogens (tertiary/aromatic N) is 1. The van der Waals surface area contributed by atoms with Crippen LogP contribution in [-0.4, -0.2) is 29.6 Å². The van der Waals surface area contributed by atoms with Gasteiger partial charge in [0.15, 0.2) is 11.5 Å². The minimum atomic E-state index is -0.810. The number of urea groups is 1. The van der Waals surface area contributed by atoms with Crippen LogP contribution < -0.4 is 15.0 Å². The molecule has 27 heavy (non-hydrogen) atoms. The number of amides is 4. The predicted molar refractivity (Wildman–Crippen MR) is 102 cm³/mol. The zero-order chi connectivity index (χ0) is 19.6. The summed E-state index contributed by atoms with van der Waals surface area (Å²) in [6.07, 6.45) is 1.34. The molecule has 0 saturated carbocycles. The van der Waals surface area contributed by atoms with Crippen LogP contribution in [-0.2, 0) is 9.59 Å². The molecule has 1 aliphatic rings. The van der Waals surface area contributed by atoms with E-state index in [-0.39, 0.29) is 17.1 Å². The zero-order valence-corrected chi connectivity index (χ0v) is 15.8. The third-order valence-electron chi connectivity index (χ3n) is 3.78. The summed E-state index contributed by atoms with van der Waals surface area (Å²) >= 11 is 3.21. The summed E-state index contributed by atoms with van der Waals surface area (Å²) < 4.78 is 5.70. The second kappa shape index (κ2) is 7.63. The van der Waals surface area contributed by atoms with Gasteiger partial charge in [0.25, 0.3) is 11.8 Å². The number of rotatable bonds is 4. The Morgan fingerprint density at radius 1 is 1.19 bits per heavy atom. The lowest BCUT2D eigenvalue weighted by Gasteiger charge is -2.26. The Morgan fingerprint density at radius 3 is 2.56 bits per heavy atom. The third kappa shape index (κ3) is 3.70. The number of phenolic OH excluding ortho intramolecular Hbond substituents is 1. The fourth-order valence-corrected chi connectivity index (χ4v) is 3.04. The first kappa shape index (κ1) is 18.7. The van der Waals surface area contributed by atoms with E-state index in [0.717, 1.165) is 4.90 Å². The highest BCUT2D eigenvalue weighted by molar-refractivity contribution is 9.10. The van der Waals surface area contributed by atoms with Gasteiger partial charge in [-0.3, -0.25) is 14.9 Å². The van der Waals surface area contributed by atoms with Gasteiger partial charge >= 0.3 is 6.03 Å². The highest BCUT2D eigenvalue weighted by atomic mass is 79.9. The molecule has 0 radical (unpaired) electrons. The zero-order valence-electron chi connectivity index (χ0n) is 14.2. The number of imide groups is 2. The number of halogens is 1. The molecule has 3 rings (SSSR count). The monoisotopic (exact) mass is 430 g/mol. The lowest BCUT2D eigenvalue weighted by atomic mass is 10.1. The van der Waals surface area contributed by atoms with Gasteiger partial charge in [0.2, 0.25) is 0 Å². The van der Waals surface area contributed by atoms with Gasteiger partial charge in [-0.25, -0.2) is 9.69 Å². The number of carbonyl (C=O) groups is 3. The van der Waals surface area contributed by atoms with Crippen LogP contribution in [0.1, 0.15) is 12.5 Å². The third-order valence-corrected chi connectivity index (χ3v) is 4.38. The molecule has 2 aromatic rings. The Labute approximate surface area is 163 Å². The molecule has 138 valence electrons. The molecule has 8 heteroatoms. The number of anilines is 1. The molecule has 4 amide bonds. The maximum absolute atomic E-state index is 12.8. The van der Waals surface area contributed by atoms with Crippen LogP contribution in [0.15, 0.2) is 52.5 Å². The van der Waals surface area contributed by atoms with Crippen molar-refractivity contribution in [1.82, 2.24) is 5.32 Å². The van der Waals surface area contributed by atoms with E-state index in [2.05, 4.69) is 21.2 Å². The maximum Gasteiger partial charge on any atom is 0.335 e. The first-order chi connectivity index (χ1) is 12.9. The molecule has 1 aliphatic heterocycles. The molecule has 0 atom stereocenters. The number of benzene rings is 2. The fourth-order valence-electron chi connectivity index (χ4n) is 2.58. The maximum atomic E-state index is 12.8. The molecular weight excluding hydrogens is 416 g/mol. The van der Waals surface area contributed by atoms with E-state index in [0.29, 0.717) is 22.3 Å². The van der Waals surface area contributed by atoms with Crippen molar-refractivity contribution < 1.29 is 24.2 Å². The largest absolute Gasteiger partial charge is 0.503 e.